The number of guanidine groups is 1. The molecule has 6 nitrogen and oxygen atoms in total. The largest absolute Gasteiger partial charge is 0.357 e. The molecular formula is C16H33N5O. The maximum absolute atomic E-state index is 11.6. The number of rotatable bonds is 8. The maximum atomic E-state index is 11.6. The molecule has 3 N–H and O–H groups in total. The van der Waals surface area contributed by atoms with Crippen LogP contribution in [-0.2, 0) is 4.79 Å². The molecule has 1 heterocycles. The van der Waals surface area contributed by atoms with Gasteiger partial charge in [-0.1, -0.05) is 13.8 Å². The van der Waals surface area contributed by atoms with Gasteiger partial charge in [-0.2, -0.15) is 0 Å². The second-order valence-corrected chi connectivity index (χ2v) is 5.81. The molecule has 0 saturated carbocycles. The quantitative estimate of drug-likeness (QED) is 0.461. The minimum Gasteiger partial charge on any atom is -0.357 e. The van der Waals surface area contributed by atoms with Crippen molar-refractivity contribution in [3.05, 3.63) is 0 Å². The summed E-state index contributed by atoms with van der Waals surface area (Å²) in [4.78, 5) is 18.5. The Balaban J connectivity index is 2.38. The smallest absolute Gasteiger partial charge is 0.241 e. The van der Waals surface area contributed by atoms with Gasteiger partial charge < -0.3 is 20.9 Å². The van der Waals surface area contributed by atoms with Gasteiger partial charge in [0.2, 0.25) is 5.91 Å². The second-order valence-electron chi connectivity index (χ2n) is 5.81. The van der Waals surface area contributed by atoms with Crippen molar-refractivity contribution >= 4 is 11.9 Å². The van der Waals surface area contributed by atoms with Crippen LogP contribution in [0.3, 0.4) is 0 Å². The van der Waals surface area contributed by atoms with E-state index in [1.807, 2.05) is 13.8 Å². The van der Waals surface area contributed by atoms with Crippen LogP contribution in [0.5, 0.6) is 0 Å². The van der Waals surface area contributed by atoms with Crippen molar-refractivity contribution in [3.8, 4) is 0 Å². The molecule has 0 aliphatic carbocycles. The number of hydrogen-bond donors (Lipinski definition) is 3. The molecule has 0 aromatic carbocycles. The van der Waals surface area contributed by atoms with Crippen molar-refractivity contribution in [1.82, 2.24) is 20.9 Å². The SMILES string of the molecule is CCCNC(=O)CN=C(NCC)NC1CCN(CCC)CC1. The van der Waals surface area contributed by atoms with Crippen LogP contribution in [0.15, 0.2) is 4.99 Å². The third kappa shape index (κ3) is 7.64. The van der Waals surface area contributed by atoms with Gasteiger partial charge in [-0.05, 0) is 39.2 Å². The topological polar surface area (TPSA) is 68.8 Å². The lowest BCUT2D eigenvalue weighted by molar-refractivity contribution is -0.119. The highest BCUT2D eigenvalue weighted by atomic mass is 16.1. The van der Waals surface area contributed by atoms with Crippen molar-refractivity contribution in [2.45, 2.75) is 52.5 Å². The van der Waals surface area contributed by atoms with Crippen LogP contribution in [0, 0.1) is 0 Å². The normalized spacial score (nSPS) is 17.3. The zero-order chi connectivity index (χ0) is 16.2. The Bertz CT molecular complexity index is 337. The lowest BCUT2D eigenvalue weighted by Crippen LogP contribution is -2.49. The molecule has 0 aromatic rings. The van der Waals surface area contributed by atoms with E-state index < -0.39 is 0 Å². The number of aliphatic imine (C=N–C) groups is 1. The molecule has 0 atom stereocenters. The van der Waals surface area contributed by atoms with Gasteiger partial charge in [0.25, 0.3) is 0 Å². The number of carbonyl (C=O) groups is 1. The molecule has 1 aliphatic rings. The minimum absolute atomic E-state index is 0.0168. The Labute approximate surface area is 135 Å². The third-order valence-electron chi connectivity index (χ3n) is 3.77. The Kier molecular flexibility index (Phi) is 9.62. The van der Waals surface area contributed by atoms with Gasteiger partial charge in [0.05, 0.1) is 0 Å². The van der Waals surface area contributed by atoms with Crippen LogP contribution in [0.1, 0.15) is 46.5 Å². The molecule has 1 rings (SSSR count). The highest BCUT2D eigenvalue weighted by molar-refractivity contribution is 5.85. The Morgan fingerprint density at radius 3 is 2.45 bits per heavy atom. The number of nitrogens with zero attached hydrogens (tertiary/aromatic N) is 2. The van der Waals surface area contributed by atoms with Crippen LogP contribution in [0.25, 0.3) is 0 Å². The van der Waals surface area contributed by atoms with Crippen LogP contribution in [0.4, 0.5) is 0 Å². The first kappa shape index (κ1) is 18.7. The maximum Gasteiger partial charge on any atom is 0.241 e. The molecule has 128 valence electrons. The molecule has 1 amide bonds. The monoisotopic (exact) mass is 311 g/mol. The summed E-state index contributed by atoms with van der Waals surface area (Å²) in [6, 6.07) is 0.449. The van der Waals surface area contributed by atoms with Crippen LogP contribution in [-0.4, -0.2) is 62.1 Å². The fraction of sp³-hybridized carbons (Fsp3) is 0.875. The molecule has 0 unspecified atom stereocenters. The summed E-state index contributed by atoms with van der Waals surface area (Å²) >= 11 is 0. The molecule has 22 heavy (non-hydrogen) atoms. The van der Waals surface area contributed by atoms with Gasteiger partial charge in [0.15, 0.2) is 5.96 Å². The summed E-state index contributed by atoms with van der Waals surface area (Å²) in [5.41, 5.74) is 0. The van der Waals surface area contributed by atoms with E-state index in [1.165, 1.54) is 13.0 Å². The van der Waals surface area contributed by atoms with Crippen LogP contribution < -0.4 is 16.0 Å². The molecule has 1 fully saturated rings. The average molecular weight is 311 g/mol. The summed E-state index contributed by atoms with van der Waals surface area (Å²) in [5, 5.41) is 9.53. The van der Waals surface area contributed by atoms with E-state index in [9.17, 15) is 4.79 Å². The molecule has 0 bridgehead atoms. The molecule has 6 heteroatoms. The number of carbonyl (C=O) groups excluding carboxylic acids is 1. The van der Waals surface area contributed by atoms with E-state index in [2.05, 4.69) is 32.8 Å². The fourth-order valence-electron chi connectivity index (χ4n) is 2.60. The van der Waals surface area contributed by atoms with Crippen LogP contribution >= 0.6 is 0 Å². The average Bonchev–Trinajstić information content (AvgIpc) is 2.53. The van der Waals surface area contributed by atoms with Gasteiger partial charge in [-0.3, -0.25) is 4.79 Å². The molecule has 1 saturated heterocycles. The van der Waals surface area contributed by atoms with E-state index in [-0.39, 0.29) is 12.5 Å². The highest BCUT2D eigenvalue weighted by Crippen LogP contribution is 2.10. The summed E-state index contributed by atoms with van der Waals surface area (Å²) in [7, 11) is 0. The zero-order valence-electron chi connectivity index (χ0n) is 14.5. The Morgan fingerprint density at radius 1 is 1.14 bits per heavy atom. The minimum atomic E-state index is -0.0168. The Hall–Kier alpha value is -1.30. The summed E-state index contributed by atoms with van der Waals surface area (Å²) in [6.07, 6.45) is 4.43. The molecular weight excluding hydrogens is 278 g/mol. The van der Waals surface area contributed by atoms with Crippen molar-refractivity contribution < 1.29 is 4.79 Å². The number of hydrogen-bond acceptors (Lipinski definition) is 3. The number of likely N-dealkylation sites (tertiary alicyclic amines) is 1. The third-order valence-corrected chi connectivity index (χ3v) is 3.77. The van der Waals surface area contributed by atoms with Crippen LogP contribution in [0.2, 0.25) is 0 Å². The lowest BCUT2D eigenvalue weighted by Gasteiger charge is -2.32. The fourth-order valence-corrected chi connectivity index (χ4v) is 2.60. The van der Waals surface area contributed by atoms with E-state index in [0.29, 0.717) is 12.6 Å². The summed E-state index contributed by atoms with van der Waals surface area (Å²) in [6.45, 7) is 11.5. The molecule has 0 radical (unpaired) electrons. The molecule has 0 aromatic heterocycles. The van der Waals surface area contributed by atoms with Gasteiger partial charge in [-0.15, -0.1) is 0 Å². The first-order valence-electron chi connectivity index (χ1n) is 8.73. The predicted octanol–water partition coefficient (Wildman–Crippen LogP) is 0.942. The molecule has 0 spiro atoms. The van der Waals surface area contributed by atoms with E-state index in [1.54, 1.807) is 0 Å². The van der Waals surface area contributed by atoms with Crippen molar-refractivity contribution in [3.63, 3.8) is 0 Å². The first-order valence-corrected chi connectivity index (χ1v) is 8.73. The van der Waals surface area contributed by atoms with Gasteiger partial charge in [-0.25, -0.2) is 4.99 Å². The van der Waals surface area contributed by atoms with Gasteiger partial charge >= 0.3 is 0 Å². The van der Waals surface area contributed by atoms with Crippen molar-refractivity contribution in [1.29, 1.82) is 0 Å². The lowest BCUT2D eigenvalue weighted by atomic mass is 10.1. The van der Waals surface area contributed by atoms with Crippen molar-refractivity contribution in [2.75, 3.05) is 39.3 Å². The number of amides is 1. The number of piperidine rings is 1. The summed E-state index contributed by atoms with van der Waals surface area (Å²) in [5.74, 6) is 0.736. The number of nitrogens with one attached hydrogen (secondary N) is 3. The Morgan fingerprint density at radius 2 is 1.86 bits per heavy atom. The predicted molar refractivity (Wildman–Crippen MR) is 92.2 cm³/mol. The van der Waals surface area contributed by atoms with E-state index in [0.717, 1.165) is 44.9 Å². The highest BCUT2D eigenvalue weighted by Gasteiger charge is 2.19. The second kappa shape index (κ2) is 11.3. The van der Waals surface area contributed by atoms with Crippen molar-refractivity contribution in [2.24, 2.45) is 4.99 Å². The van der Waals surface area contributed by atoms with Gasteiger partial charge in [0, 0.05) is 32.2 Å². The van der Waals surface area contributed by atoms with E-state index in [4.69, 9.17) is 0 Å². The molecule has 1 aliphatic heterocycles. The first-order chi connectivity index (χ1) is 10.7. The van der Waals surface area contributed by atoms with E-state index >= 15 is 0 Å². The zero-order valence-corrected chi connectivity index (χ0v) is 14.5. The van der Waals surface area contributed by atoms with Gasteiger partial charge in [0.1, 0.15) is 6.54 Å². The standard InChI is InChI=1S/C16H33N5O/c1-4-9-18-15(22)13-19-16(17-6-3)20-14-7-11-21(10-5-2)12-8-14/h14H,4-13H2,1-3H3,(H,18,22)(H2,17,19,20). The summed E-state index contributed by atoms with van der Waals surface area (Å²) < 4.78 is 0.